The van der Waals surface area contributed by atoms with Crippen LogP contribution in [-0.4, -0.2) is 32.9 Å². The number of rotatable bonds is 4. The van der Waals surface area contributed by atoms with E-state index in [0.29, 0.717) is 5.56 Å². The number of benzene rings is 1. The van der Waals surface area contributed by atoms with Crippen molar-refractivity contribution in [2.24, 2.45) is 0 Å². The van der Waals surface area contributed by atoms with E-state index in [1.54, 1.807) is 16.9 Å². The van der Waals surface area contributed by atoms with E-state index >= 15 is 0 Å². The number of carbonyl (C=O) groups is 1. The maximum Gasteiger partial charge on any atom is 0.251 e. The molecule has 5 nitrogen and oxygen atoms in total. The summed E-state index contributed by atoms with van der Waals surface area (Å²) in [7, 11) is 0. The molecule has 0 aliphatic heterocycles. The molecular weight excluding hydrogens is 266 g/mol. The van der Waals surface area contributed by atoms with Crippen LogP contribution in [0.2, 0.25) is 0 Å². The number of aromatic nitrogens is 2. The fraction of sp³-hybridized carbons (Fsp3) is 0.375. The molecule has 1 saturated carbocycles. The van der Waals surface area contributed by atoms with Crippen molar-refractivity contribution in [3.05, 3.63) is 48.3 Å². The predicted octanol–water partition coefficient (Wildman–Crippen LogP) is 1.91. The van der Waals surface area contributed by atoms with Gasteiger partial charge in [-0.05, 0) is 37.1 Å². The summed E-state index contributed by atoms with van der Waals surface area (Å²) in [4.78, 5) is 12.4. The van der Waals surface area contributed by atoms with Gasteiger partial charge < -0.3 is 10.4 Å². The molecule has 0 saturated heterocycles. The first-order valence-corrected chi connectivity index (χ1v) is 7.26. The molecule has 2 N–H and O–H groups in total. The van der Waals surface area contributed by atoms with Crippen LogP contribution in [0, 0.1) is 0 Å². The monoisotopic (exact) mass is 285 g/mol. The Bertz CT molecular complexity index is 616. The van der Waals surface area contributed by atoms with Crippen LogP contribution in [-0.2, 0) is 0 Å². The first kappa shape index (κ1) is 13.8. The average Bonchev–Trinajstić information content (AvgIpc) is 3.19. The van der Waals surface area contributed by atoms with E-state index in [1.807, 2.05) is 30.5 Å². The number of carbonyl (C=O) groups excluding carboxylic acids is 1. The van der Waals surface area contributed by atoms with Crippen LogP contribution in [0.1, 0.15) is 36.0 Å². The Kier molecular flexibility index (Phi) is 3.75. The zero-order chi connectivity index (χ0) is 14.7. The number of hydrogen-bond donors (Lipinski definition) is 2. The van der Waals surface area contributed by atoms with Crippen molar-refractivity contribution in [3.8, 4) is 5.69 Å². The maximum atomic E-state index is 12.4. The van der Waals surface area contributed by atoms with Crippen molar-refractivity contribution < 1.29 is 9.90 Å². The summed E-state index contributed by atoms with van der Waals surface area (Å²) < 4.78 is 1.72. The molecule has 0 bridgehead atoms. The third-order valence-electron chi connectivity index (χ3n) is 4.12. The molecular formula is C16H19N3O2. The first-order chi connectivity index (χ1) is 10.2. The largest absolute Gasteiger partial charge is 0.394 e. The Balaban J connectivity index is 1.80. The Morgan fingerprint density at radius 1 is 1.33 bits per heavy atom. The molecule has 1 heterocycles. The number of nitrogens with zero attached hydrogens (tertiary/aromatic N) is 2. The van der Waals surface area contributed by atoms with Crippen molar-refractivity contribution in [2.45, 2.75) is 31.2 Å². The van der Waals surface area contributed by atoms with Crippen LogP contribution in [0.15, 0.2) is 42.7 Å². The summed E-state index contributed by atoms with van der Waals surface area (Å²) in [5.74, 6) is -0.139. The zero-order valence-electron chi connectivity index (χ0n) is 11.8. The number of amides is 1. The second-order valence-electron chi connectivity index (χ2n) is 5.60. The summed E-state index contributed by atoms with van der Waals surface area (Å²) in [5.41, 5.74) is 0.985. The molecule has 1 aromatic carbocycles. The summed E-state index contributed by atoms with van der Waals surface area (Å²) in [6.07, 6.45) is 7.32. The van der Waals surface area contributed by atoms with Crippen LogP contribution < -0.4 is 5.32 Å². The van der Waals surface area contributed by atoms with Crippen LogP contribution in [0.4, 0.5) is 0 Å². The van der Waals surface area contributed by atoms with E-state index in [2.05, 4.69) is 10.4 Å². The highest BCUT2D eigenvalue weighted by molar-refractivity contribution is 5.95. The van der Waals surface area contributed by atoms with Crippen LogP contribution in [0.3, 0.4) is 0 Å². The van der Waals surface area contributed by atoms with Gasteiger partial charge in [0.05, 0.1) is 17.8 Å². The highest BCUT2D eigenvalue weighted by atomic mass is 16.3. The number of aliphatic hydroxyl groups is 1. The van der Waals surface area contributed by atoms with Crippen LogP contribution in [0.5, 0.6) is 0 Å². The topological polar surface area (TPSA) is 67.2 Å². The second kappa shape index (κ2) is 5.69. The predicted molar refractivity (Wildman–Crippen MR) is 79.3 cm³/mol. The van der Waals surface area contributed by atoms with E-state index < -0.39 is 5.54 Å². The van der Waals surface area contributed by atoms with Crippen molar-refractivity contribution in [2.75, 3.05) is 6.61 Å². The second-order valence-corrected chi connectivity index (χ2v) is 5.60. The quantitative estimate of drug-likeness (QED) is 0.901. The molecule has 0 unspecified atom stereocenters. The summed E-state index contributed by atoms with van der Waals surface area (Å²) in [6.45, 7) is -0.00239. The summed E-state index contributed by atoms with van der Waals surface area (Å²) in [6, 6.07) is 9.17. The smallest absolute Gasteiger partial charge is 0.251 e. The molecule has 3 rings (SSSR count). The lowest BCUT2D eigenvalue weighted by Crippen LogP contribution is -2.49. The first-order valence-electron chi connectivity index (χ1n) is 7.26. The molecule has 0 atom stereocenters. The van der Waals surface area contributed by atoms with Crippen molar-refractivity contribution in [1.82, 2.24) is 15.1 Å². The van der Waals surface area contributed by atoms with Gasteiger partial charge in [0.15, 0.2) is 0 Å². The third kappa shape index (κ3) is 2.83. The van der Waals surface area contributed by atoms with Gasteiger partial charge in [0.2, 0.25) is 0 Å². The number of nitrogens with one attached hydrogen (secondary N) is 1. The van der Waals surface area contributed by atoms with Crippen LogP contribution >= 0.6 is 0 Å². The lowest BCUT2D eigenvalue weighted by Gasteiger charge is -2.28. The van der Waals surface area contributed by atoms with Gasteiger partial charge in [-0.3, -0.25) is 4.79 Å². The van der Waals surface area contributed by atoms with Gasteiger partial charge in [-0.2, -0.15) is 5.10 Å². The Morgan fingerprint density at radius 3 is 2.81 bits per heavy atom. The highest BCUT2D eigenvalue weighted by Gasteiger charge is 2.34. The molecule has 5 heteroatoms. The van der Waals surface area contributed by atoms with E-state index in [-0.39, 0.29) is 12.5 Å². The molecule has 0 radical (unpaired) electrons. The molecule has 1 aliphatic carbocycles. The van der Waals surface area contributed by atoms with Gasteiger partial charge in [0, 0.05) is 18.0 Å². The van der Waals surface area contributed by atoms with Gasteiger partial charge in [0.25, 0.3) is 5.91 Å². The van der Waals surface area contributed by atoms with Crippen LogP contribution in [0.25, 0.3) is 5.69 Å². The fourth-order valence-electron chi connectivity index (χ4n) is 2.90. The third-order valence-corrected chi connectivity index (χ3v) is 4.12. The van der Waals surface area contributed by atoms with Gasteiger partial charge in [-0.1, -0.05) is 18.9 Å². The van der Waals surface area contributed by atoms with Gasteiger partial charge in [0.1, 0.15) is 0 Å². The Morgan fingerprint density at radius 2 is 2.14 bits per heavy atom. The standard InChI is InChI=1S/C16H19N3O2/c20-12-16(7-1-2-8-16)18-15(21)13-5-3-6-14(11-13)19-10-4-9-17-19/h3-6,9-11,20H,1-2,7-8,12H2,(H,18,21). The molecule has 1 aliphatic rings. The minimum atomic E-state index is -0.446. The number of hydrogen-bond acceptors (Lipinski definition) is 3. The summed E-state index contributed by atoms with van der Waals surface area (Å²) in [5, 5.41) is 16.8. The SMILES string of the molecule is O=C(NC1(CO)CCCC1)c1cccc(-n2cccn2)c1. The van der Waals surface area contributed by atoms with Crippen molar-refractivity contribution >= 4 is 5.91 Å². The molecule has 0 spiro atoms. The summed E-state index contributed by atoms with van der Waals surface area (Å²) >= 11 is 0. The molecule has 110 valence electrons. The highest BCUT2D eigenvalue weighted by Crippen LogP contribution is 2.29. The molecule has 1 fully saturated rings. The van der Waals surface area contributed by atoms with Crippen molar-refractivity contribution in [3.63, 3.8) is 0 Å². The minimum absolute atomic E-state index is 0.00239. The van der Waals surface area contributed by atoms with E-state index in [0.717, 1.165) is 31.4 Å². The molecule has 2 aromatic rings. The minimum Gasteiger partial charge on any atom is -0.394 e. The fourth-order valence-corrected chi connectivity index (χ4v) is 2.90. The van der Waals surface area contributed by atoms with Gasteiger partial charge >= 0.3 is 0 Å². The van der Waals surface area contributed by atoms with E-state index in [9.17, 15) is 9.90 Å². The average molecular weight is 285 g/mol. The molecule has 1 aromatic heterocycles. The lowest BCUT2D eigenvalue weighted by atomic mass is 9.98. The van der Waals surface area contributed by atoms with Gasteiger partial charge in [-0.25, -0.2) is 4.68 Å². The Hall–Kier alpha value is -2.14. The Labute approximate surface area is 123 Å². The lowest BCUT2D eigenvalue weighted by molar-refractivity contribution is 0.0838. The molecule has 1 amide bonds. The maximum absolute atomic E-state index is 12.4. The van der Waals surface area contributed by atoms with Gasteiger partial charge in [-0.15, -0.1) is 0 Å². The number of aliphatic hydroxyl groups excluding tert-OH is 1. The van der Waals surface area contributed by atoms with E-state index in [1.165, 1.54) is 0 Å². The zero-order valence-corrected chi connectivity index (χ0v) is 11.8. The molecule has 21 heavy (non-hydrogen) atoms. The normalized spacial score (nSPS) is 16.8. The van der Waals surface area contributed by atoms with E-state index in [4.69, 9.17) is 0 Å². The van der Waals surface area contributed by atoms with Crippen molar-refractivity contribution in [1.29, 1.82) is 0 Å².